The summed E-state index contributed by atoms with van der Waals surface area (Å²) in [7, 11) is 1.57. The molecule has 0 radical (unpaired) electrons. The molecule has 31 heavy (non-hydrogen) atoms. The Morgan fingerprint density at radius 2 is 1.77 bits per heavy atom. The predicted octanol–water partition coefficient (Wildman–Crippen LogP) is 3.45. The molecule has 0 aliphatic carbocycles. The Morgan fingerprint density at radius 1 is 1.03 bits per heavy atom. The number of benzene rings is 2. The third-order valence-electron chi connectivity index (χ3n) is 6.03. The van der Waals surface area contributed by atoms with Gasteiger partial charge in [0.2, 0.25) is 0 Å². The fraction of sp³-hybridized carbons (Fsp3) is 0.417. The molecule has 1 aliphatic heterocycles. The highest BCUT2D eigenvalue weighted by Crippen LogP contribution is 2.24. The van der Waals surface area contributed by atoms with E-state index >= 15 is 0 Å². The molecule has 0 unspecified atom stereocenters. The molecule has 0 atom stereocenters. The van der Waals surface area contributed by atoms with E-state index in [1.165, 1.54) is 0 Å². The molecule has 2 aromatic carbocycles. The molecule has 0 spiro atoms. The molecule has 1 fully saturated rings. The Bertz CT molecular complexity index is 1050. The van der Waals surface area contributed by atoms with Crippen LogP contribution in [0.2, 0.25) is 0 Å². The number of nitrogens with zero attached hydrogens (tertiary/aromatic N) is 4. The highest BCUT2D eigenvalue weighted by atomic mass is 16.5. The van der Waals surface area contributed by atoms with E-state index in [4.69, 9.17) is 9.72 Å². The molecule has 1 aliphatic rings. The topological polar surface area (TPSA) is 62.6 Å². The quantitative estimate of drug-likeness (QED) is 0.633. The maximum absolute atomic E-state index is 12.7. The van der Waals surface area contributed by atoms with E-state index < -0.39 is 0 Å². The average molecular weight is 422 g/mol. The van der Waals surface area contributed by atoms with Crippen LogP contribution in [0.4, 0.5) is 5.69 Å². The smallest absolute Gasteiger partial charge is 0.259 e. The highest BCUT2D eigenvalue weighted by molar-refractivity contribution is 6.06. The molecule has 7 nitrogen and oxygen atoms in total. The molecule has 1 saturated heterocycles. The molecule has 1 N–H and O–H groups in total. The zero-order valence-electron chi connectivity index (χ0n) is 18.6. The zero-order valence-corrected chi connectivity index (χ0v) is 18.6. The van der Waals surface area contributed by atoms with Crippen molar-refractivity contribution in [3.8, 4) is 5.75 Å². The van der Waals surface area contributed by atoms with Gasteiger partial charge in [-0.2, -0.15) is 0 Å². The van der Waals surface area contributed by atoms with Gasteiger partial charge in [0.25, 0.3) is 5.91 Å². The minimum atomic E-state index is -0.194. The van der Waals surface area contributed by atoms with Gasteiger partial charge >= 0.3 is 0 Å². The summed E-state index contributed by atoms with van der Waals surface area (Å²) in [6.07, 6.45) is 0. The number of likely N-dealkylation sites (N-methyl/N-ethyl adjacent to an activating group) is 1. The number of hydrogen-bond donors (Lipinski definition) is 1. The van der Waals surface area contributed by atoms with Crippen LogP contribution in [-0.4, -0.2) is 65.1 Å². The fourth-order valence-electron chi connectivity index (χ4n) is 4.23. The molecular formula is C24H31N5O2. The van der Waals surface area contributed by atoms with Crippen molar-refractivity contribution in [1.29, 1.82) is 0 Å². The second-order valence-electron chi connectivity index (χ2n) is 7.84. The normalized spacial score (nSPS) is 15.3. The summed E-state index contributed by atoms with van der Waals surface area (Å²) in [4.78, 5) is 22.6. The maximum atomic E-state index is 12.7. The molecular weight excluding hydrogens is 390 g/mol. The molecule has 1 amide bonds. The summed E-state index contributed by atoms with van der Waals surface area (Å²) < 4.78 is 7.58. The number of amides is 1. The molecule has 3 aromatic rings. The van der Waals surface area contributed by atoms with E-state index in [1.807, 2.05) is 30.3 Å². The minimum absolute atomic E-state index is 0.194. The van der Waals surface area contributed by atoms with Crippen LogP contribution in [0.25, 0.3) is 11.0 Å². The molecule has 164 valence electrons. The van der Waals surface area contributed by atoms with Gasteiger partial charge in [-0.15, -0.1) is 0 Å². The van der Waals surface area contributed by atoms with Crippen molar-refractivity contribution >= 4 is 22.6 Å². The van der Waals surface area contributed by atoms with Crippen molar-refractivity contribution in [2.45, 2.75) is 26.9 Å². The number of para-hydroxylation sites is 1. The summed E-state index contributed by atoms with van der Waals surface area (Å²) >= 11 is 0. The van der Waals surface area contributed by atoms with Crippen molar-refractivity contribution in [3.63, 3.8) is 0 Å². The Morgan fingerprint density at radius 3 is 2.48 bits per heavy atom. The van der Waals surface area contributed by atoms with E-state index in [-0.39, 0.29) is 5.91 Å². The van der Waals surface area contributed by atoms with Gasteiger partial charge in [0, 0.05) is 38.4 Å². The Balaban J connectivity index is 1.53. The second-order valence-corrected chi connectivity index (χ2v) is 7.84. The number of rotatable bonds is 7. The largest absolute Gasteiger partial charge is 0.496 e. The van der Waals surface area contributed by atoms with Crippen molar-refractivity contribution in [2.75, 3.05) is 45.2 Å². The summed E-state index contributed by atoms with van der Waals surface area (Å²) in [6.45, 7) is 11.6. The third-order valence-corrected chi connectivity index (χ3v) is 6.03. The number of piperazine rings is 1. The number of carbonyl (C=O) groups is 1. The number of aromatic nitrogens is 2. The third kappa shape index (κ3) is 4.57. The summed E-state index contributed by atoms with van der Waals surface area (Å²) in [5.41, 5.74) is 3.24. The summed E-state index contributed by atoms with van der Waals surface area (Å²) in [5.74, 6) is 1.44. The van der Waals surface area contributed by atoms with Gasteiger partial charge in [0.15, 0.2) is 0 Å². The number of methoxy groups -OCH3 is 1. The number of fused-ring (bicyclic) bond motifs is 1. The molecule has 1 aromatic heterocycles. The van der Waals surface area contributed by atoms with Crippen LogP contribution in [0.3, 0.4) is 0 Å². The first kappa shape index (κ1) is 21.3. The molecule has 0 saturated carbocycles. The minimum Gasteiger partial charge on any atom is -0.496 e. The highest BCUT2D eigenvalue weighted by Gasteiger charge is 2.19. The van der Waals surface area contributed by atoms with Gasteiger partial charge in [-0.1, -0.05) is 19.1 Å². The van der Waals surface area contributed by atoms with Crippen LogP contribution in [-0.2, 0) is 13.1 Å². The lowest BCUT2D eigenvalue weighted by Gasteiger charge is -2.33. The number of aryl methyl sites for hydroxylation is 1. The Hall–Kier alpha value is -2.90. The van der Waals surface area contributed by atoms with Crippen LogP contribution < -0.4 is 10.1 Å². The first-order chi connectivity index (χ1) is 15.1. The van der Waals surface area contributed by atoms with E-state index in [1.54, 1.807) is 19.2 Å². The SMILES string of the molecule is CCN1CCN(Cc2nc3cc(NC(=O)c4ccccc4OC)ccc3n2CC)CC1. The second kappa shape index (κ2) is 9.49. The van der Waals surface area contributed by atoms with Gasteiger partial charge in [-0.3, -0.25) is 9.69 Å². The van der Waals surface area contributed by atoms with Crippen molar-refractivity contribution < 1.29 is 9.53 Å². The first-order valence-electron chi connectivity index (χ1n) is 11.0. The first-order valence-corrected chi connectivity index (χ1v) is 11.0. The number of carbonyl (C=O) groups excluding carboxylic acids is 1. The fourth-order valence-corrected chi connectivity index (χ4v) is 4.23. The molecule has 0 bridgehead atoms. The number of anilines is 1. The molecule has 7 heteroatoms. The number of imidazole rings is 1. The van der Waals surface area contributed by atoms with Crippen molar-refractivity contribution in [1.82, 2.24) is 19.4 Å². The van der Waals surface area contributed by atoms with Gasteiger partial charge in [0.1, 0.15) is 11.6 Å². The van der Waals surface area contributed by atoms with Crippen molar-refractivity contribution in [3.05, 3.63) is 53.9 Å². The lowest BCUT2D eigenvalue weighted by atomic mass is 10.2. The molecule has 2 heterocycles. The number of ether oxygens (including phenoxy) is 1. The van der Waals surface area contributed by atoms with Gasteiger partial charge in [-0.25, -0.2) is 4.98 Å². The van der Waals surface area contributed by atoms with E-state index in [0.717, 1.165) is 68.4 Å². The van der Waals surface area contributed by atoms with Gasteiger partial charge < -0.3 is 19.5 Å². The monoisotopic (exact) mass is 421 g/mol. The van der Waals surface area contributed by atoms with E-state index in [0.29, 0.717) is 11.3 Å². The standard InChI is InChI=1S/C24H31N5O2/c1-4-27-12-14-28(15-13-27)17-23-26-20-16-18(10-11-21(20)29(23)5-2)25-24(30)19-8-6-7-9-22(19)31-3/h6-11,16H,4-5,12-15,17H2,1-3H3,(H,25,30). The number of nitrogens with one attached hydrogen (secondary N) is 1. The maximum Gasteiger partial charge on any atom is 0.259 e. The van der Waals surface area contributed by atoms with E-state index in [9.17, 15) is 4.79 Å². The van der Waals surface area contributed by atoms with Crippen LogP contribution in [0, 0.1) is 0 Å². The molecule has 4 rings (SSSR count). The lowest BCUT2D eigenvalue weighted by Crippen LogP contribution is -2.45. The number of hydrogen-bond acceptors (Lipinski definition) is 5. The van der Waals surface area contributed by atoms with Crippen LogP contribution in [0.1, 0.15) is 30.0 Å². The van der Waals surface area contributed by atoms with Crippen LogP contribution >= 0.6 is 0 Å². The Labute approximate surface area is 183 Å². The Kier molecular flexibility index (Phi) is 6.53. The van der Waals surface area contributed by atoms with Crippen LogP contribution in [0.15, 0.2) is 42.5 Å². The lowest BCUT2D eigenvalue weighted by molar-refractivity contribution is 0.102. The van der Waals surface area contributed by atoms with E-state index in [2.05, 4.69) is 33.5 Å². The predicted molar refractivity (Wildman–Crippen MR) is 124 cm³/mol. The van der Waals surface area contributed by atoms with Crippen molar-refractivity contribution in [2.24, 2.45) is 0 Å². The van der Waals surface area contributed by atoms with Gasteiger partial charge in [-0.05, 0) is 43.8 Å². The average Bonchev–Trinajstić information content (AvgIpc) is 3.15. The summed E-state index contributed by atoms with van der Waals surface area (Å²) in [6, 6.07) is 13.2. The van der Waals surface area contributed by atoms with Gasteiger partial charge in [0.05, 0.1) is 30.3 Å². The van der Waals surface area contributed by atoms with Crippen LogP contribution in [0.5, 0.6) is 5.75 Å². The summed E-state index contributed by atoms with van der Waals surface area (Å²) in [5, 5.41) is 2.98. The zero-order chi connectivity index (χ0) is 21.8.